The summed E-state index contributed by atoms with van der Waals surface area (Å²) >= 11 is 0. The van der Waals surface area contributed by atoms with E-state index in [1.54, 1.807) is 6.07 Å². The quantitative estimate of drug-likeness (QED) is 0.794. The zero-order chi connectivity index (χ0) is 12.8. The van der Waals surface area contributed by atoms with Crippen molar-refractivity contribution in [3.8, 4) is 6.07 Å². The molecule has 1 aliphatic rings. The second-order valence-electron chi connectivity index (χ2n) is 4.15. The van der Waals surface area contributed by atoms with Crippen LogP contribution in [0.5, 0.6) is 0 Å². The SMILES string of the molecule is N#Cc1cnc(N)cc1NCCN1CCOCC1. The fourth-order valence-electron chi connectivity index (χ4n) is 1.88. The number of ether oxygens (including phenoxy) is 1. The predicted octanol–water partition coefficient (Wildman–Crippen LogP) is 0.280. The highest BCUT2D eigenvalue weighted by atomic mass is 16.5. The lowest BCUT2D eigenvalue weighted by atomic mass is 10.2. The van der Waals surface area contributed by atoms with Gasteiger partial charge in [0.05, 0.1) is 24.5 Å². The molecule has 0 amide bonds. The van der Waals surface area contributed by atoms with Gasteiger partial charge in [-0.05, 0) is 0 Å². The van der Waals surface area contributed by atoms with Crippen LogP contribution >= 0.6 is 0 Å². The normalized spacial score (nSPS) is 16.2. The molecule has 0 saturated carbocycles. The number of morpholine rings is 1. The zero-order valence-corrected chi connectivity index (χ0v) is 10.2. The standard InChI is InChI=1S/C12H17N5O/c13-8-10-9-16-12(14)7-11(10)15-1-2-17-3-5-18-6-4-17/h7,9H,1-6H2,(H3,14,15,16). The van der Waals surface area contributed by atoms with Crippen LogP contribution in [0.1, 0.15) is 5.56 Å². The number of pyridine rings is 1. The number of nitrogens with one attached hydrogen (secondary N) is 1. The molecular formula is C12H17N5O. The molecule has 0 bridgehead atoms. The predicted molar refractivity (Wildman–Crippen MR) is 69.1 cm³/mol. The van der Waals surface area contributed by atoms with Crippen LogP contribution in [0.15, 0.2) is 12.3 Å². The number of hydrogen-bond acceptors (Lipinski definition) is 6. The van der Waals surface area contributed by atoms with Crippen molar-refractivity contribution in [3.63, 3.8) is 0 Å². The van der Waals surface area contributed by atoms with Crippen LogP contribution in [-0.4, -0.2) is 49.3 Å². The smallest absolute Gasteiger partial charge is 0.125 e. The molecule has 0 unspecified atom stereocenters. The van der Waals surface area contributed by atoms with Crippen molar-refractivity contribution in [1.82, 2.24) is 9.88 Å². The van der Waals surface area contributed by atoms with Crippen LogP contribution in [0.2, 0.25) is 0 Å². The maximum atomic E-state index is 8.96. The molecule has 1 aromatic heterocycles. The third kappa shape index (κ3) is 3.32. The van der Waals surface area contributed by atoms with Gasteiger partial charge in [0.2, 0.25) is 0 Å². The zero-order valence-electron chi connectivity index (χ0n) is 10.2. The van der Waals surface area contributed by atoms with Crippen molar-refractivity contribution in [1.29, 1.82) is 5.26 Å². The van der Waals surface area contributed by atoms with Crippen LogP contribution in [0.4, 0.5) is 11.5 Å². The molecule has 2 rings (SSSR count). The number of nitriles is 1. The largest absolute Gasteiger partial charge is 0.384 e. The Bertz CT molecular complexity index is 437. The second-order valence-corrected chi connectivity index (χ2v) is 4.15. The van der Waals surface area contributed by atoms with E-state index < -0.39 is 0 Å². The lowest BCUT2D eigenvalue weighted by Gasteiger charge is -2.26. The first-order valence-corrected chi connectivity index (χ1v) is 5.99. The summed E-state index contributed by atoms with van der Waals surface area (Å²) in [7, 11) is 0. The lowest BCUT2D eigenvalue weighted by molar-refractivity contribution is 0.0398. The lowest BCUT2D eigenvalue weighted by Crippen LogP contribution is -2.39. The summed E-state index contributed by atoms with van der Waals surface area (Å²) in [5, 5.41) is 12.2. The molecule has 0 aliphatic carbocycles. The van der Waals surface area contributed by atoms with Crippen LogP contribution in [0.3, 0.4) is 0 Å². The van der Waals surface area contributed by atoms with Crippen LogP contribution in [-0.2, 0) is 4.74 Å². The molecule has 1 saturated heterocycles. The van der Waals surface area contributed by atoms with E-state index in [9.17, 15) is 0 Å². The summed E-state index contributed by atoms with van der Waals surface area (Å²) < 4.78 is 5.29. The Labute approximate surface area is 106 Å². The van der Waals surface area contributed by atoms with Crippen LogP contribution in [0, 0.1) is 11.3 Å². The van der Waals surface area contributed by atoms with E-state index in [1.807, 2.05) is 0 Å². The minimum Gasteiger partial charge on any atom is -0.384 e. The van der Waals surface area contributed by atoms with Crippen molar-refractivity contribution in [3.05, 3.63) is 17.8 Å². The Balaban J connectivity index is 1.86. The van der Waals surface area contributed by atoms with E-state index in [0.29, 0.717) is 11.4 Å². The summed E-state index contributed by atoms with van der Waals surface area (Å²) in [6.45, 7) is 5.22. The topological polar surface area (TPSA) is 87.2 Å². The number of hydrogen-bond donors (Lipinski definition) is 2. The van der Waals surface area contributed by atoms with Crippen molar-refractivity contribution in [2.75, 3.05) is 50.4 Å². The average molecular weight is 247 g/mol. The molecule has 1 aliphatic heterocycles. The Morgan fingerprint density at radius 2 is 2.28 bits per heavy atom. The molecule has 18 heavy (non-hydrogen) atoms. The Hall–Kier alpha value is -1.84. The monoisotopic (exact) mass is 247 g/mol. The highest BCUT2D eigenvalue weighted by Crippen LogP contribution is 2.15. The van der Waals surface area contributed by atoms with Crippen molar-refractivity contribution in [2.45, 2.75) is 0 Å². The van der Waals surface area contributed by atoms with Crippen molar-refractivity contribution in [2.24, 2.45) is 0 Å². The van der Waals surface area contributed by atoms with E-state index >= 15 is 0 Å². The number of anilines is 2. The van der Waals surface area contributed by atoms with Gasteiger partial charge >= 0.3 is 0 Å². The highest BCUT2D eigenvalue weighted by Gasteiger charge is 2.10. The Kier molecular flexibility index (Phi) is 4.34. The molecule has 0 aromatic carbocycles. The molecule has 1 fully saturated rings. The van der Waals surface area contributed by atoms with Gasteiger partial charge in [-0.15, -0.1) is 0 Å². The highest BCUT2D eigenvalue weighted by molar-refractivity contribution is 5.60. The van der Waals surface area contributed by atoms with Crippen LogP contribution < -0.4 is 11.1 Å². The molecule has 6 heteroatoms. The van der Waals surface area contributed by atoms with Gasteiger partial charge in [0.25, 0.3) is 0 Å². The molecule has 0 spiro atoms. The number of nitrogen functional groups attached to an aromatic ring is 1. The van der Waals surface area contributed by atoms with Gasteiger partial charge in [-0.1, -0.05) is 0 Å². The van der Waals surface area contributed by atoms with Gasteiger partial charge in [0, 0.05) is 38.4 Å². The van der Waals surface area contributed by atoms with Gasteiger partial charge in [0.15, 0.2) is 0 Å². The number of nitrogens with zero attached hydrogens (tertiary/aromatic N) is 3. The molecule has 2 heterocycles. The first-order chi connectivity index (χ1) is 8.79. The number of aromatic nitrogens is 1. The van der Waals surface area contributed by atoms with E-state index in [4.69, 9.17) is 15.7 Å². The summed E-state index contributed by atoms with van der Waals surface area (Å²) in [4.78, 5) is 6.22. The summed E-state index contributed by atoms with van der Waals surface area (Å²) in [6, 6.07) is 3.79. The molecule has 1 aromatic rings. The number of nitrogens with two attached hydrogens (primary N) is 1. The van der Waals surface area contributed by atoms with Gasteiger partial charge < -0.3 is 15.8 Å². The molecule has 6 nitrogen and oxygen atoms in total. The second kappa shape index (κ2) is 6.19. The summed E-state index contributed by atoms with van der Waals surface area (Å²) in [5.74, 6) is 0.419. The first kappa shape index (κ1) is 12.6. The third-order valence-electron chi connectivity index (χ3n) is 2.89. The van der Waals surface area contributed by atoms with E-state index in [2.05, 4.69) is 21.3 Å². The molecule has 0 radical (unpaired) electrons. The maximum Gasteiger partial charge on any atom is 0.125 e. The minimum absolute atomic E-state index is 0.419. The maximum absolute atomic E-state index is 8.96. The first-order valence-electron chi connectivity index (χ1n) is 5.99. The fourth-order valence-corrected chi connectivity index (χ4v) is 1.88. The third-order valence-corrected chi connectivity index (χ3v) is 2.89. The van der Waals surface area contributed by atoms with E-state index in [-0.39, 0.29) is 0 Å². The summed E-state index contributed by atoms with van der Waals surface area (Å²) in [5.41, 5.74) is 6.88. The van der Waals surface area contributed by atoms with Crippen molar-refractivity contribution < 1.29 is 4.74 Å². The van der Waals surface area contributed by atoms with E-state index in [1.165, 1.54) is 6.20 Å². The van der Waals surface area contributed by atoms with Gasteiger partial charge in [0.1, 0.15) is 11.9 Å². The molecule has 0 atom stereocenters. The molecule has 96 valence electrons. The number of rotatable bonds is 4. The molecule has 3 N–H and O–H groups in total. The van der Waals surface area contributed by atoms with Crippen LogP contribution in [0.25, 0.3) is 0 Å². The van der Waals surface area contributed by atoms with Gasteiger partial charge in [-0.2, -0.15) is 5.26 Å². The Morgan fingerprint density at radius 3 is 3.00 bits per heavy atom. The Morgan fingerprint density at radius 1 is 1.50 bits per heavy atom. The van der Waals surface area contributed by atoms with E-state index in [0.717, 1.165) is 45.1 Å². The summed E-state index contributed by atoms with van der Waals surface area (Å²) in [6.07, 6.45) is 1.49. The van der Waals surface area contributed by atoms with Gasteiger partial charge in [-0.3, -0.25) is 4.90 Å². The minimum atomic E-state index is 0.419. The molecular weight excluding hydrogens is 230 g/mol. The van der Waals surface area contributed by atoms with Gasteiger partial charge in [-0.25, -0.2) is 4.98 Å². The average Bonchev–Trinajstić information content (AvgIpc) is 2.40. The van der Waals surface area contributed by atoms with Crippen molar-refractivity contribution >= 4 is 11.5 Å². The fraction of sp³-hybridized carbons (Fsp3) is 0.500.